The smallest absolute Gasteiger partial charge is 0.136 e. The zero-order chi connectivity index (χ0) is 19.6. The molecule has 0 saturated heterocycles. The monoisotopic (exact) mass is 375 g/mol. The van der Waals surface area contributed by atoms with Crippen LogP contribution in [0, 0.1) is 6.92 Å². The number of benzene rings is 4. The maximum absolute atomic E-state index is 6.23. The number of para-hydroxylation sites is 2. The van der Waals surface area contributed by atoms with E-state index in [1.165, 1.54) is 5.56 Å². The van der Waals surface area contributed by atoms with Gasteiger partial charge in [-0.25, -0.2) is 0 Å². The van der Waals surface area contributed by atoms with Crippen LogP contribution in [0.3, 0.4) is 0 Å². The average molecular weight is 375 g/mol. The lowest BCUT2D eigenvalue weighted by atomic mass is 10.1. The Morgan fingerprint density at radius 3 is 1.83 bits per heavy atom. The predicted molar refractivity (Wildman–Crippen MR) is 121 cm³/mol. The standard InChI is InChI=1S/C27H21NO/c1-20-12-14-21(15-13-20)26-18-22-16-17-25(19-27(22)29-26)28(23-8-4-2-5-9-23)24-10-6-3-7-11-24/h2-19H,1H3. The zero-order valence-corrected chi connectivity index (χ0v) is 16.2. The van der Waals surface area contributed by atoms with Gasteiger partial charge in [0.1, 0.15) is 11.3 Å². The third-order valence-electron chi connectivity index (χ3n) is 5.13. The van der Waals surface area contributed by atoms with E-state index in [1.54, 1.807) is 0 Å². The maximum Gasteiger partial charge on any atom is 0.136 e. The number of hydrogen-bond acceptors (Lipinski definition) is 2. The van der Waals surface area contributed by atoms with Crippen molar-refractivity contribution in [3.8, 4) is 11.3 Å². The molecule has 1 aromatic heterocycles. The maximum atomic E-state index is 6.23. The fraction of sp³-hybridized carbons (Fsp3) is 0.0370. The Balaban J connectivity index is 1.61. The van der Waals surface area contributed by atoms with Gasteiger partial charge in [-0.2, -0.15) is 0 Å². The SMILES string of the molecule is Cc1ccc(-c2cc3ccc(N(c4ccccc4)c4ccccc4)cc3o2)cc1. The van der Waals surface area contributed by atoms with Crippen LogP contribution in [-0.4, -0.2) is 0 Å². The van der Waals surface area contributed by atoms with Crippen LogP contribution in [0.15, 0.2) is 114 Å². The lowest BCUT2D eigenvalue weighted by Gasteiger charge is -2.25. The van der Waals surface area contributed by atoms with E-state index in [9.17, 15) is 0 Å². The topological polar surface area (TPSA) is 16.4 Å². The van der Waals surface area contributed by atoms with Crippen molar-refractivity contribution < 1.29 is 4.42 Å². The first kappa shape index (κ1) is 17.3. The highest BCUT2D eigenvalue weighted by Crippen LogP contribution is 2.37. The van der Waals surface area contributed by atoms with E-state index in [2.05, 4.69) is 109 Å². The number of aryl methyl sites for hydroxylation is 1. The number of furan rings is 1. The van der Waals surface area contributed by atoms with Crippen LogP contribution in [0.5, 0.6) is 0 Å². The molecule has 140 valence electrons. The van der Waals surface area contributed by atoms with E-state index in [4.69, 9.17) is 4.42 Å². The molecule has 0 aliphatic heterocycles. The fourth-order valence-electron chi connectivity index (χ4n) is 3.62. The van der Waals surface area contributed by atoms with Gasteiger partial charge in [-0.05, 0) is 49.4 Å². The van der Waals surface area contributed by atoms with Crippen LogP contribution in [0.1, 0.15) is 5.56 Å². The minimum atomic E-state index is 0.884. The Labute approximate surface area is 170 Å². The van der Waals surface area contributed by atoms with E-state index in [0.29, 0.717) is 0 Å². The molecule has 0 aliphatic carbocycles. The van der Waals surface area contributed by atoms with Crippen LogP contribution >= 0.6 is 0 Å². The summed E-state index contributed by atoms with van der Waals surface area (Å²) in [6, 6.07) is 37.8. The highest BCUT2D eigenvalue weighted by molar-refractivity contribution is 5.88. The van der Waals surface area contributed by atoms with Crippen molar-refractivity contribution in [2.45, 2.75) is 6.92 Å². The summed E-state index contributed by atoms with van der Waals surface area (Å²) in [7, 11) is 0. The second-order valence-electron chi connectivity index (χ2n) is 7.21. The number of fused-ring (bicyclic) bond motifs is 1. The molecule has 0 aliphatic rings. The molecule has 0 unspecified atom stereocenters. The van der Waals surface area contributed by atoms with E-state index < -0.39 is 0 Å². The molecule has 0 N–H and O–H groups in total. The Bertz CT molecular complexity index is 1200. The lowest BCUT2D eigenvalue weighted by molar-refractivity contribution is 0.631. The number of rotatable bonds is 4. The third-order valence-corrected chi connectivity index (χ3v) is 5.13. The summed E-state index contributed by atoms with van der Waals surface area (Å²) in [5, 5.41) is 1.10. The van der Waals surface area contributed by atoms with Crippen molar-refractivity contribution in [1.82, 2.24) is 0 Å². The van der Waals surface area contributed by atoms with Crippen LogP contribution in [-0.2, 0) is 0 Å². The minimum absolute atomic E-state index is 0.884. The van der Waals surface area contributed by atoms with Crippen molar-refractivity contribution in [1.29, 1.82) is 0 Å². The van der Waals surface area contributed by atoms with Gasteiger partial charge >= 0.3 is 0 Å². The minimum Gasteiger partial charge on any atom is -0.456 e. The predicted octanol–water partition coefficient (Wildman–Crippen LogP) is 7.88. The number of anilines is 3. The van der Waals surface area contributed by atoms with Crippen LogP contribution in [0.4, 0.5) is 17.1 Å². The molecule has 5 aromatic rings. The molecule has 0 saturated carbocycles. The molecule has 0 radical (unpaired) electrons. The van der Waals surface area contributed by atoms with Gasteiger partial charge in [0.25, 0.3) is 0 Å². The highest BCUT2D eigenvalue weighted by atomic mass is 16.3. The Hall–Kier alpha value is -3.78. The summed E-state index contributed by atoms with van der Waals surface area (Å²) in [5.41, 5.74) is 6.52. The molecule has 29 heavy (non-hydrogen) atoms. The molecule has 0 fully saturated rings. The Morgan fingerprint density at radius 2 is 1.21 bits per heavy atom. The highest BCUT2D eigenvalue weighted by Gasteiger charge is 2.14. The first-order valence-electron chi connectivity index (χ1n) is 9.79. The molecular formula is C27H21NO. The van der Waals surface area contributed by atoms with Crippen molar-refractivity contribution in [2.24, 2.45) is 0 Å². The second-order valence-corrected chi connectivity index (χ2v) is 7.21. The van der Waals surface area contributed by atoms with Gasteiger partial charge in [-0.15, -0.1) is 0 Å². The van der Waals surface area contributed by atoms with Crippen LogP contribution in [0.2, 0.25) is 0 Å². The molecule has 0 spiro atoms. The first-order valence-corrected chi connectivity index (χ1v) is 9.79. The summed E-state index contributed by atoms with van der Waals surface area (Å²) in [6.07, 6.45) is 0. The third kappa shape index (κ3) is 3.41. The average Bonchev–Trinajstić information content (AvgIpc) is 3.19. The molecule has 1 heterocycles. The van der Waals surface area contributed by atoms with Gasteiger partial charge in [-0.1, -0.05) is 66.2 Å². The summed E-state index contributed by atoms with van der Waals surface area (Å²) in [6.45, 7) is 2.09. The largest absolute Gasteiger partial charge is 0.456 e. The van der Waals surface area contributed by atoms with Gasteiger partial charge in [0.2, 0.25) is 0 Å². The zero-order valence-electron chi connectivity index (χ0n) is 16.2. The van der Waals surface area contributed by atoms with Crippen LogP contribution < -0.4 is 4.90 Å². The van der Waals surface area contributed by atoms with E-state index in [0.717, 1.165) is 39.4 Å². The van der Waals surface area contributed by atoms with Gasteiger partial charge in [0, 0.05) is 34.1 Å². The Kier molecular flexibility index (Phi) is 4.38. The molecule has 2 heteroatoms. The van der Waals surface area contributed by atoms with Crippen molar-refractivity contribution in [3.05, 3.63) is 115 Å². The summed E-state index contributed by atoms with van der Waals surface area (Å²) in [4.78, 5) is 2.24. The van der Waals surface area contributed by atoms with E-state index >= 15 is 0 Å². The second kappa shape index (κ2) is 7.33. The van der Waals surface area contributed by atoms with Crippen LogP contribution in [0.25, 0.3) is 22.3 Å². The van der Waals surface area contributed by atoms with Crippen molar-refractivity contribution >= 4 is 28.0 Å². The normalized spacial score (nSPS) is 10.9. The Morgan fingerprint density at radius 1 is 0.586 bits per heavy atom. The molecule has 0 atom stereocenters. The molecule has 5 rings (SSSR count). The number of nitrogens with zero attached hydrogens (tertiary/aromatic N) is 1. The van der Waals surface area contributed by atoms with Crippen molar-refractivity contribution in [2.75, 3.05) is 4.90 Å². The van der Waals surface area contributed by atoms with Gasteiger partial charge in [-0.3, -0.25) is 0 Å². The van der Waals surface area contributed by atoms with Gasteiger partial charge in [0.05, 0.1) is 0 Å². The lowest BCUT2D eigenvalue weighted by Crippen LogP contribution is -2.09. The van der Waals surface area contributed by atoms with Gasteiger partial charge < -0.3 is 9.32 Å². The van der Waals surface area contributed by atoms with E-state index in [-0.39, 0.29) is 0 Å². The molecule has 2 nitrogen and oxygen atoms in total. The summed E-state index contributed by atoms with van der Waals surface area (Å²) >= 11 is 0. The first-order chi connectivity index (χ1) is 14.3. The van der Waals surface area contributed by atoms with Gasteiger partial charge in [0.15, 0.2) is 0 Å². The molecule has 4 aromatic carbocycles. The van der Waals surface area contributed by atoms with E-state index in [1.807, 2.05) is 12.1 Å². The summed E-state index contributed by atoms with van der Waals surface area (Å²) < 4.78 is 6.23. The molecule has 0 bridgehead atoms. The van der Waals surface area contributed by atoms with Crippen molar-refractivity contribution in [3.63, 3.8) is 0 Å². The number of hydrogen-bond donors (Lipinski definition) is 0. The molecular weight excluding hydrogens is 354 g/mol. The summed E-state index contributed by atoms with van der Waals surface area (Å²) in [5.74, 6) is 0.892. The fourth-order valence-corrected chi connectivity index (χ4v) is 3.62. The molecule has 0 amide bonds. The quantitative estimate of drug-likeness (QED) is 0.318.